The molecule has 1 amide bonds. The molecule has 1 heterocycles. The van der Waals surface area contributed by atoms with E-state index < -0.39 is 0 Å². The fraction of sp³-hybridized carbons (Fsp3) is 0.600. The number of amides is 1. The van der Waals surface area contributed by atoms with Gasteiger partial charge in [-0.05, 0) is 20.8 Å². The Labute approximate surface area is 89.0 Å². The molecule has 3 N–H and O–H groups in total. The molecular weight excluding hydrogens is 194 g/mol. The van der Waals surface area contributed by atoms with Crippen LogP contribution in [0.3, 0.4) is 0 Å². The summed E-state index contributed by atoms with van der Waals surface area (Å²) in [6, 6.07) is -0.00188. The van der Waals surface area contributed by atoms with Crippen molar-refractivity contribution in [1.29, 1.82) is 0 Å². The summed E-state index contributed by atoms with van der Waals surface area (Å²) in [6.45, 7) is 5.93. The zero-order valence-corrected chi connectivity index (χ0v) is 9.33. The van der Waals surface area contributed by atoms with Crippen molar-refractivity contribution in [2.75, 3.05) is 6.54 Å². The molecule has 0 radical (unpaired) electrons. The Bertz CT molecular complexity index is 327. The molecule has 0 aromatic carbocycles. The fourth-order valence-corrected chi connectivity index (χ4v) is 1.30. The van der Waals surface area contributed by atoms with Gasteiger partial charge >= 0.3 is 0 Å². The molecule has 0 bridgehead atoms. The van der Waals surface area contributed by atoms with Crippen LogP contribution in [0.5, 0.6) is 0 Å². The third-order valence-electron chi connectivity index (χ3n) is 2.28. The van der Waals surface area contributed by atoms with E-state index in [1.54, 1.807) is 6.92 Å². The first kappa shape index (κ1) is 11.7. The van der Waals surface area contributed by atoms with Crippen LogP contribution in [0.1, 0.15) is 23.9 Å². The van der Waals surface area contributed by atoms with Crippen LogP contribution in [-0.2, 0) is 11.2 Å². The highest BCUT2D eigenvalue weighted by Gasteiger charge is 2.14. The zero-order chi connectivity index (χ0) is 11.4. The van der Waals surface area contributed by atoms with Crippen molar-refractivity contribution in [2.45, 2.75) is 33.2 Å². The van der Waals surface area contributed by atoms with Gasteiger partial charge < -0.3 is 15.6 Å². The van der Waals surface area contributed by atoms with E-state index in [0.29, 0.717) is 18.7 Å². The molecule has 1 unspecified atom stereocenters. The van der Waals surface area contributed by atoms with E-state index in [9.17, 15) is 4.79 Å². The van der Waals surface area contributed by atoms with Gasteiger partial charge in [0.2, 0.25) is 5.91 Å². The van der Waals surface area contributed by atoms with Crippen molar-refractivity contribution in [1.82, 2.24) is 10.5 Å². The maximum Gasteiger partial charge on any atom is 0.224 e. The van der Waals surface area contributed by atoms with E-state index in [0.717, 1.165) is 11.3 Å². The molecule has 0 aliphatic heterocycles. The maximum atomic E-state index is 11.5. The number of nitrogens with one attached hydrogen (secondary N) is 1. The highest BCUT2D eigenvalue weighted by Crippen LogP contribution is 2.12. The largest absolute Gasteiger partial charge is 0.361 e. The van der Waals surface area contributed by atoms with Crippen molar-refractivity contribution < 1.29 is 9.32 Å². The van der Waals surface area contributed by atoms with Crippen LogP contribution in [0.25, 0.3) is 0 Å². The van der Waals surface area contributed by atoms with Crippen LogP contribution < -0.4 is 11.1 Å². The molecule has 0 spiro atoms. The van der Waals surface area contributed by atoms with Gasteiger partial charge in [-0.3, -0.25) is 4.79 Å². The van der Waals surface area contributed by atoms with Gasteiger partial charge in [-0.1, -0.05) is 5.16 Å². The molecule has 84 valence electrons. The number of rotatable bonds is 4. The molecule has 15 heavy (non-hydrogen) atoms. The molecule has 1 atom stereocenters. The van der Waals surface area contributed by atoms with Gasteiger partial charge in [-0.15, -0.1) is 0 Å². The fourth-order valence-electron chi connectivity index (χ4n) is 1.30. The summed E-state index contributed by atoms with van der Waals surface area (Å²) < 4.78 is 4.97. The molecule has 1 aromatic heterocycles. The number of nitrogens with zero attached hydrogens (tertiary/aromatic N) is 1. The first-order valence-electron chi connectivity index (χ1n) is 4.95. The quantitative estimate of drug-likeness (QED) is 0.750. The summed E-state index contributed by atoms with van der Waals surface area (Å²) in [5, 5.41) is 6.58. The highest BCUT2D eigenvalue weighted by molar-refractivity contribution is 5.79. The lowest BCUT2D eigenvalue weighted by Crippen LogP contribution is -2.38. The standard InChI is InChI=1S/C10H17N3O2/c1-6(5-11)12-10(14)4-9-7(2)13-15-8(9)3/h6H,4-5,11H2,1-3H3,(H,12,14). The molecule has 1 rings (SSSR count). The molecule has 0 aliphatic carbocycles. The third kappa shape index (κ3) is 3.06. The van der Waals surface area contributed by atoms with Gasteiger partial charge in [0.15, 0.2) is 0 Å². The predicted molar refractivity (Wildman–Crippen MR) is 56.3 cm³/mol. The summed E-state index contributed by atoms with van der Waals surface area (Å²) in [4.78, 5) is 11.5. The second kappa shape index (κ2) is 4.93. The average Bonchev–Trinajstić information content (AvgIpc) is 2.49. The van der Waals surface area contributed by atoms with E-state index in [1.807, 2.05) is 13.8 Å². The summed E-state index contributed by atoms with van der Waals surface area (Å²) in [5.41, 5.74) is 7.03. The molecule has 0 saturated carbocycles. The summed E-state index contributed by atoms with van der Waals surface area (Å²) in [5.74, 6) is 0.644. The van der Waals surface area contributed by atoms with E-state index in [2.05, 4.69) is 10.5 Å². The van der Waals surface area contributed by atoms with E-state index >= 15 is 0 Å². The van der Waals surface area contributed by atoms with E-state index in [-0.39, 0.29) is 11.9 Å². The Hall–Kier alpha value is -1.36. The number of hydrogen-bond acceptors (Lipinski definition) is 4. The minimum absolute atomic E-state index is 0.00188. The Balaban J connectivity index is 2.59. The zero-order valence-electron chi connectivity index (χ0n) is 9.33. The van der Waals surface area contributed by atoms with E-state index in [4.69, 9.17) is 10.3 Å². The van der Waals surface area contributed by atoms with Gasteiger partial charge in [0.1, 0.15) is 5.76 Å². The lowest BCUT2D eigenvalue weighted by Gasteiger charge is -2.10. The number of carbonyl (C=O) groups excluding carboxylic acids is 1. The second-order valence-corrected chi connectivity index (χ2v) is 3.68. The number of aryl methyl sites for hydroxylation is 2. The minimum Gasteiger partial charge on any atom is -0.361 e. The molecular formula is C10H17N3O2. The van der Waals surface area contributed by atoms with Crippen molar-refractivity contribution >= 4 is 5.91 Å². The third-order valence-corrected chi connectivity index (χ3v) is 2.28. The molecule has 5 nitrogen and oxygen atoms in total. The Morgan fingerprint density at radius 3 is 2.73 bits per heavy atom. The van der Waals surface area contributed by atoms with Gasteiger partial charge in [0, 0.05) is 18.2 Å². The van der Waals surface area contributed by atoms with Gasteiger partial charge in [-0.2, -0.15) is 0 Å². The predicted octanol–water partition coefficient (Wildman–Crippen LogP) is 0.297. The van der Waals surface area contributed by atoms with Crippen LogP contribution in [0.4, 0.5) is 0 Å². The van der Waals surface area contributed by atoms with Gasteiger partial charge in [0.05, 0.1) is 12.1 Å². The monoisotopic (exact) mass is 211 g/mol. The van der Waals surface area contributed by atoms with E-state index in [1.165, 1.54) is 0 Å². The second-order valence-electron chi connectivity index (χ2n) is 3.68. The van der Waals surface area contributed by atoms with Crippen LogP contribution in [0.2, 0.25) is 0 Å². The summed E-state index contributed by atoms with van der Waals surface area (Å²) in [7, 11) is 0. The topological polar surface area (TPSA) is 81.2 Å². The Kier molecular flexibility index (Phi) is 3.85. The van der Waals surface area contributed by atoms with Gasteiger partial charge in [-0.25, -0.2) is 0 Å². The normalized spacial score (nSPS) is 12.5. The van der Waals surface area contributed by atoms with Crippen LogP contribution in [-0.4, -0.2) is 23.7 Å². The SMILES string of the molecule is Cc1noc(C)c1CC(=O)NC(C)CN. The van der Waals surface area contributed by atoms with Gasteiger partial charge in [0.25, 0.3) is 0 Å². The molecule has 0 fully saturated rings. The first-order chi connectivity index (χ1) is 7.04. The van der Waals surface area contributed by atoms with Crippen LogP contribution in [0.15, 0.2) is 4.52 Å². The molecule has 1 aromatic rings. The number of carbonyl (C=O) groups is 1. The first-order valence-corrected chi connectivity index (χ1v) is 4.95. The Morgan fingerprint density at radius 1 is 1.60 bits per heavy atom. The average molecular weight is 211 g/mol. The smallest absolute Gasteiger partial charge is 0.224 e. The van der Waals surface area contributed by atoms with Crippen molar-refractivity contribution in [3.05, 3.63) is 17.0 Å². The number of aromatic nitrogens is 1. The lowest BCUT2D eigenvalue weighted by atomic mass is 10.1. The van der Waals surface area contributed by atoms with Crippen molar-refractivity contribution in [2.24, 2.45) is 5.73 Å². The summed E-state index contributed by atoms with van der Waals surface area (Å²) in [6.07, 6.45) is 0.297. The minimum atomic E-state index is -0.0534. The van der Waals surface area contributed by atoms with Crippen LogP contribution >= 0.6 is 0 Å². The Morgan fingerprint density at radius 2 is 2.27 bits per heavy atom. The molecule has 5 heteroatoms. The van der Waals surface area contributed by atoms with Crippen LogP contribution in [0, 0.1) is 13.8 Å². The van der Waals surface area contributed by atoms with Crippen molar-refractivity contribution in [3.63, 3.8) is 0 Å². The summed E-state index contributed by atoms with van der Waals surface area (Å²) >= 11 is 0. The number of hydrogen-bond donors (Lipinski definition) is 2. The maximum absolute atomic E-state index is 11.5. The molecule has 0 aliphatic rings. The lowest BCUT2D eigenvalue weighted by molar-refractivity contribution is -0.121. The number of nitrogens with two attached hydrogens (primary N) is 1. The van der Waals surface area contributed by atoms with Crippen molar-refractivity contribution in [3.8, 4) is 0 Å². The highest BCUT2D eigenvalue weighted by atomic mass is 16.5. The molecule has 0 saturated heterocycles.